The van der Waals surface area contributed by atoms with Crippen molar-refractivity contribution in [1.29, 1.82) is 0 Å². The van der Waals surface area contributed by atoms with Gasteiger partial charge in [-0.3, -0.25) is 4.79 Å². The Balaban J connectivity index is 0.00000233. The van der Waals surface area contributed by atoms with Gasteiger partial charge in [-0.1, -0.05) is 40.7 Å². The molecule has 1 fully saturated rings. The summed E-state index contributed by atoms with van der Waals surface area (Å²) in [6.45, 7) is 10.2. The average molecular weight is 442 g/mol. The molecule has 1 saturated heterocycles. The number of carbonyl (C=O) groups excluding carboxylic acids is 1. The third-order valence-electron chi connectivity index (χ3n) is 4.46. The molecule has 0 radical (unpaired) electrons. The Morgan fingerprint density at radius 3 is 2.52 bits per heavy atom. The van der Waals surface area contributed by atoms with E-state index in [4.69, 9.17) is 19.3 Å². The van der Waals surface area contributed by atoms with Gasteiger partial charge in [-0.05, 0) is 17.7 Å². The highest BCUT2D eigenvalue weighted by atomic mass is 16.7. The monoisotopic (exact) mass is 441 g/mol. The van der Waals surface area contributed by atoms with Crippen molar-refractivity contribution >= 4 is 11.9 Å². The zero-order chi connectivity index (χ0) is 23.6. The molecule has 0 aromatic heterocycles. The van der Waals surface area contributed by atoms with Crippen LogP contribution in [0, 0.1) is 0 Å². The summed E-state index contributed by atoms with van der Waals surface area (Å²) in [6, 6.07) is 5.34. The number of hydrogen-bond acceptors (Lipinski definition) is 8. The highest BCUT2D eigenvalue weighted by Gasteiger charge is 2.41. The number of aliphatic hydroxyl groups excluding tert-OH is 2. The Bertz CT molecular complexity index is 709. The van der Waals surface area contributed by atoms with Crippen LogP contribution in [0.2, 0.25) is 0 Å². The minimum Gasteiger partial charge on any atom is -0.479 e. The lowest BCUT2D eigenvalue weighted by Crippen LogP contribution is -2.52. The molecule has 1 aliphatic rings. The number of carboxylic acids is 1. The maximum Gasteiger partial charge on any atom is 0.333 e. The van der Waals surface area contributed by atoms with Gasteiger partial charge in [0.15, 0.2) is 6.10 Å². The molecule has 2 rings (SSSR count). The van der Waals surface area contributed by atoms with Gasteiger partial charge in [-0.25, -0.2) is 4.79 Å². The van der Waals surface area contributed by atoms with Gasteiger partial charge in [0.25, 0.3) is 0 Å². The van der Waals surface area contributed by atoms with Crippen molar-refractivity contribution in [1.82, 2.24) is 5.32 Å². The summed E-state index contributed by atoms with van der Waals surface area (Å²) in [5, 5.41) is 32.5. The Morgan fingerprint density at radius 1 is 1.26 bits per heavy atom. The van der Waals surface area contributed by atoms with E-state index in [2.05, 4.69) is 5.32 Å². The topological polar surface area (TPSA) is 135 Å². The summed E-state index contributed by atoms with van der Waals surface area (Å²) in [5.41, 5.74) is 1.47. The average Bonchev–Trinajstić information content (AvgIpc) is 2.75. The molecule has 0 saturated carbocycles. The van der Waals surface area contributed by atoms with Crippen LogP contribution in [-0.4, -0.2) is 57.9 Å². The molecule has 1 aromatic carbocycles. The van der Waals surface area contributed by atoms with Crippen LogP contribution in [0.3, 0.4) is 0 Å². The normalized spacial score (nSPS) is 23.0. The standard InChI is InChI=1S/C20H29NO8.C2H6/c1-4-17(23)27-10-12-5-6-15(13(7-12)9-21-11(2)3)28-20-18(24)14(22)8-16(29-20)19(25)26;1-2/h5-7,11,14,16,18,20-22,24H,4,8-10H2,1-3H3,(H,25,26);1-2H3. The van der Waals surface area contributed by atoms with E-state index in [0.29, 0.717) is 17.9 Å². The predicted molar refractivity (Wildman–Crippen MR) is 113 cm³/mol. The minimum absolute atomic E-state index is 0.115. The highest BCUT2D eigenvalue weighted by Crippen LogP contribution is 2.27. The number of rotatable bonds is 9. The van der Waals surface area contributed by atoms with Crippen molar-refractivity contribution in [2.45, 2.75) is 91.3 Å². The predicted octanol–water partition coefficient (Wildman–Crippen LogP) is 1.96. The van der Waals surface area contributed by atoms with E-state index in [1.807, 2.05) is 27.7 Å². The first-order valence-electron chi connectivity index (χ1n) is 10.6. The van der Waals surface area contributed by atoms with Crippen molar-refractivity contribution in [2.75, 3.05) is 0 Å². The maximum absolute atomic E-state index is 11.4. The number of ether oxygens (including phenoxy) is 3. The molecule has 1 heterocycles. The van der Waals surface area contributed by atoms with Crippen LogP contribution in [0.5, 0.6) is 5.75 Å². The molecule has 1 aromatic rings. The molecule has 0 bridgehead atoms. The van der Waals surface area contributed by atoms with Crippen molar-refractivity contribution < 1.29 is 39.1 Å². The fraction of sp³-hybridized carbons (Fsp3) is 0.636. The van der Waals surface area contributed by atoms with Crippen LogP contribution in [-0.2, 0) is 32.2 Å². The van der Waals surface area contributed by atoms with E-state index in [9.17, 15) is 19.8 Å². The fourth-order valence-electron chi connectivity index (χ4n) is 2.78. The van der Waals surface area contributed by atoms with Gasteiger partial charge in [0.1, 0.15) is 18.5 Å². The summed E-state index contributed by atoms with van der Waals surface area (Å²) >= 11 is 0. The van der Waals surface area contributed by atoms with E-state index >= 15 is 0 Å². The maximum atomic E-state index is 11.4. The molecule has 4 atom stereocenters. The van der Waals surface area contributed by atoms with E-state index in [0.717, 1.165) is 5.56 Å². The number of esters is 1. The van der Waals surface area contributed by atoms with Crippen LogP contribution in [0.1, 0.15) is 58.6 Å². The first kappa shape index (κ1) is 26.8. The Labute approximate surface area is 183 Å². The first-order chi connectivity index (χ1) is 14.7. The summed E-state index contributed by atoms with van der Waals surface area (Å²) in [6.07, 6.45) is -5.21. The molecule has 31 heavy (non-hydrogen) atoms. The van der Waals surface area contributed by atoms with Gasteiger partial charge in [-0.15, -0.1) is 0 Å². The van der Waals surface area contributed by atoms with E-state index in [1.54, 1.807) is 25.1 Å². The van der Waals surface area contributed by atoms with Gasteiger partial charge in [0.05, 0.1) is 6.10 Å². The second-order valence-corrected chi connectivity index (χ2v) is 7.23. The second kappa shape index (κ2) is 13.3. The molecule has 9 heteroatoms. The largest absolute Gasteiger partial charge is 0.479 e. The molecule has 1 aliphatic heterocycles. The molecule has 0 spiro atoms. The first-order valence-corrected chi connectivity index (χ1v) is 10.6. The molecule has 0 aliphatic carbocycles. The molecule has 176 valence electrons. The molecule has 4 unspecified atom stereocenters. The van der Waals surface area contributed by atoms with Gasteiger partial charge in [-0.2, -0.15) is 0 Å². The summed E-state index contributed by atoms with van der Waals surface area (Å²) in [4.78, 5) is 22.6. The van der Waals surface area contributed by atoms with Gasteiger partial charge >= 0.3 is 11.9 Å². The third kappa shape index (κ3) is 8.45. The lowest BCUT2D eigenvalue weighted by molar-refractivity contribution is -0.238. The van der Waals surface area contributed by atoms with Crippen LogP contribution >= 0.6 is 0 Å². The van der Waals surface area contributed by atoms with Crippen LogP contribution in [0.4, 0.5) is 0 Å². The number of aliphatic hydroxyl groups is 2. The van der Waals surface area contributed by atoms with E-state index < -0.39 is 30.6 Å². The van der Waals surface area contributed by atoms with Crippen molar-refractivity contribution in [2.24, 2.45) is 0 Å². The van der Waals surface area contributed by atoms with Crippen LogP contribution < -0.4 is 10.1 Å². The summed E-state index contributed by atoms with van der Waals surface area (Å²) < 4.78 is 16.2. The number of carbonyl (C=O) groups is 2. The lowest BCUT2D eigenvalue weighted by Gasteiger charge is -2.35. The molecular formula is C22H35NO8. The van der Waals surface area contributed by atoms with Gasteiger partial charge in [0.2, 0.25) is 6.29 Å². The number of aliphatic carboxylic acids is 1. The van der Waals surface area contributed by atoms with Gasteiger partial charge < -0.3 is 34.8 Å². The molecule has 0 amide bonds. The van der Waals surface area contributed by atoms with Crippen molar-refractivity contribution in [3.8, 4) is 5.75 Å². The number of benzene rings is 1. The highest BCUT2D eigenvalue weighted by molar-refractivity contribution is 5.72. The molecule has 4 N–H and O–H groups in total. The SMILES string of the molecule is CC.CCC(=O)OCc1ccc(OC2OC(C(=O)O)CC(O)C2O)c(CNC(C)C)c1. The van der Waals surface area contributed by atoms with Crippen molar-refractivity contribution in [3.63, 3.8) is 0 Å². The Morgan fingerprint density at radius 2 is 1.94 bits per heavy atom. The van der Waals surface area contributed by atoms with Gasteiger partial charge in [0, 0.05) is 31.0 Å². The molecular weight excluding hydrogens is 406 g/mol. The Kier molecular flexibility index (Phi) is 11.5. The second-order valence-electron chi connectivity index (χ2n) is 7.23. The third-order valence-corrected chi connectivity index (χ3v) is 4.46. The Hall–Kier alpha value is -2.20. The zero-order valence-electron chi connectivity index (χ0n) is 18.8. The summed E-state index contributed by atoms with van der Waals surface area (Å²) in [5.74, 6) is -1.18. The fourth-order valence-corrected chi connectivity index (χ4v) is 2.78. The number of nitrogens with one attached hydrogen (secondary N) is 1. The minimum atomic E-state index is -1.39. The number of hydrogen-bond donors (Lipinski definition) is 4. The van der Waals surface area contributed by atoms with Crippen LogP contribution in [0.25, 0.3) is 0 Å². The summed E-state index contributed by atoms with van der Waals surface area (Å²) in [7, 11) is 0. The van der Waals surface area contributed by atoms with E-state index in [1.165, 1.54) is 0 Å². The van der Waals surface area contributed by atoms with E-state index in [-0.39, 0.29) is 31.5 Å². The smallest absolute Gasteiger partial charge is 0.333 e. The number of carboxylic acid groups (broad SMARTS) is 1. The molecule has 9 nitrogen and oxygen atoms in total. The van der Waals surface area contributed by atoms with Crippen LogP contribution in [0.15, 0.2) is 18.2 Å². The quantitative estimate of drug-likeness (QED) is 0.424. The van der Waals surface area contributed by atoms with Crippen molar-refractivity contribution in [3.05, 3.63) is 29.3 Å². The zero-order valence-corrected chi connectivity index (χ0v) is 18.8. The lowest BCUT2D eigenvalue weighted by atomic mass is 10.0.